The van der Waals surface area contributed by atoms with Crippen LogP contribution >= 0.6 is 0 Å². The van der Waals surface area contributed by atoms with Gasteiger partial charge in [-0.15, -0.1) is 0 Å². The van der Waals surface area contributed by atoms with Gasteiger partial charge in [0.15, 0.2) is 0 Å². The van der Waals surface area contributed by atoms with Crippen LogP contribution in [-0.4, -0.2) is 0 Å². The van der Waals surface area contributed by atoms with E-state index in [9.17, 15) is 0 Å². The normalized spacial score (nSPS) is 12.9. The third kappa shape index (κ3) is 5.27. The molecule has 0 aromatic heterocycles. The zero-order valence-corrected chi connectivity index (χ0v) is 28.1. The average molecular weight is 627 g/mol. The zero-order chi connectivity index (χ0) is 33.5. The van der Waals surface area contributed by atoms with Crippen LogP contribution in [0.2, 0.25) is 0 Å². The quantitative estimate of drug-likeness (QED) is 0.122. The fourth-order valence-corrected chi connectivity index (χ4v) is 7.54. The lowest BCUT2D eigenvalue weighted by atomic mass is 9.90. The van der Waals surface area contributed by atoms with Crippen LogP contribution in [-0.2, 0) is 0 Å². The van der Waals surface area contributed by atoms with Crippen molar-refractivity contribution in [1.82, 2.24) is 0 Å². The highest BCUT2D eigenvalue weighted by atomic mass is 14.2. The molecule has 0 amide bonds. The Bertz CT molecular complexity index is 2660. The first kappa shape index (κ1) is 30.4. The van der Waals surface area contributed by atoms with Crippen molar-refractivity contribution in [3.63, 3.8) is 0 Å². The first-order valence-electron chi connectivity index (χ1n) is 17.1. The van der Waals surface area contributed by atoms with Gasteiger partial charge in [0.2, 0.25) is 0 Å². The van der Waals surface area contributed by atoms with E-state index in [0.29, 0.717) is 0 Å². The summed E-state index contributed by atoms with van der Waals surface area (Å²) in [6.07, 6.45) is 9.67. The van der Waals surface area contributed by atoms with Crippen LogP contribution < -0.4 is 0 Å². The average Bonchev–Trinajstić information content (AvgIpc) is 3.16. The molecule has 0 N–H and O–H groups in total. The highest BCUT2D eigenvalue weighted by Crippen LogP contribution is 2.38. The van der Waals surface area contributed by atoms with Gasteiger partial charge in [-0.1, -0.05) is 160 Å². The molecule has 0 heteroatoms. The van der Waals surface area contributed by atoms with Crippen LogP contribution in [0.1, 0.15) is 31.4 Å². The largest absolute Gasteiger partial charge is 0.0984 e. The van der Waals surface area contributed by atoms with Crippen LogP contribution in [0.15, 0.2) is 182 Å². The number of fused-ring (bicyclic) bond motifs is 12. The van der Waals surface area contributed by atoms with Crippen LogP contribution in [0.25, 0.3) is 75.8 Å². The number of benzene rings is 8. The number of hydrogen-bond donors (Lipinski definition) is 0. The molecule has 49 heavy (non-hydrogen) atoms. The van der Waals surface area contributed by atoms with Crippen molar-refractivity contribution in [1.29, 1.82) is 0 Å². The van der Waals surface area contributed by atoms with Crippen molar-refractivity contribution < 1.29 is 0 Å². The minimum Gasteiger partial charge on any atom is -0.0984 e. The molecular weight excluding hydrogens is 589 g/mol. The summed E-state index contributed by atoms with van der Waals surface area (Å²) in [7, 11) is 0. The van der Waals surface area contributed by atoms with Gasteiger partial charge >= 0.3 is 0 Å². The molecule has 8 aromatic carbocycles. The van der Waals surface area contributed by atoms with Gasteiger partial charge < -0.3 is 0 Å². The second-order valence-corrected chi connectivity index (χ2v) is 12.9. The standard InChI is InChI=1S/C49H38/c1-5-15-35(37-25-27-47-43-21-10-8-17-39(43)41-19-12-14-23-45(41)49(47)31-37)29-33(4)32(3)28-34(6-2)36-24-26-46-42-20-9-7-16-38(42)40-18-11-13-22-44(40)48(46)30-36/h6-31H,2-3,5H2,1,4H3/b33-29+,34-28+,35-15+. The van der Waals surface area contributed by atoms with Gasteiger partial charge in [0.05, 0.1) is 0 Å². The van der Waals surface area contributed by atoms with Gasteiger partial charge in [-0.05, 0) is 130 Å². The van der Waals surface area contributed by atoms with E-state index < -0.39 is 0 Å². The molecule has 8 rings (SSSR count). The molecule has 0 saturated carbocycles. The Hall–Kier alpha value is -5.98. The Morgan fingerprint density at radius 2 is 0.816 bits per heavy atom. The summed E-state index contributed by atoms with van der Waals surface area (Å²) in [4.78, 5) is 0. The molecule has 0 aliphatic rings. The highest BCUT2D eigenvalue weighted by Gasteiger charge is 2.12. The van der Waals surface area contributed by atoms with Crippen LogP contribution in [0.5, 0.6) is 0 Å². The SMILES string of the molecule is C=C/C(=C\C(=C)/C(C)=C/C(=C\CC)c1ccc2c3ccccc3c3ccccc3c2c1)c1ccc2c3ccccc3c3ccccc3c2c1. The van der Waals surface area contributed by atoms with E-state index in [2.05, 4.69) is 179 Å². The van der Waals surface area contributed by atoms with Gasteiger partial charge in [0.1, 0.15) is 0 Å². The van der Waals surface area contributed by atoms with E-state index in [-0.39, 0.29) is 0 Å². The lowest BCUT2D eigenvalue weighted by Gasteiger charge is -2.14. The second-order valence-electron chi connectivity index (χ2n) is 12.9. The molecule has 0 aliphatic heterocycles. The summed E-state index contributed by atoms with van der Waals surface area (Å²) in [5.41, 5.74) is 6.70. The Kier molecular flexibility index (Phi) is 7.78. The summed E-state index contributed by atoms with van der Waals surface area (Å²) in [5, 5.41) is 15.4. The number of allylic oxidation sites excluding steroid dienone is 8. The molecule has 0 atom stereocenters. The third-order valence-electron chi connectivity index (χ3n) is 10.0. The van der Waals surface area contributed by atoms with Gasteiger partial charge in [0.25, 0.3) is 0 Å². The summed E-state index contributed by atoms with van der Waals surface area (Å²) in [6.45, 7) is 13.1. The van der Waals surface area contributed by atoms with E-state index >= 15 is 0 Å². The van der Waals surface area contributed by atoms with Gasteiger partial charge in [-0.25, -0.2) is 0 Å². The fourth-order valence-electron chi connectivity index (χ4n) is 7.54. The van der Waals surface area contributed by atoms with Crippen molar-refractivity contribution in [2.45, 2.75) is 20.3 Å². The molecule has 0 saturated heterocycles. The maximum Gasteiger partial charge on any atom is -0.00928 e. The monoisotopic (exact) mass is 626 g/mol. The molecule has 0 radical (unpaired) electrons. The maximum absolute atomic E-state index is 4.53. The lowest BCUT2D eigenvalue weighted by Crippen LogP contribution is -1.90. The smallest absolute Gasteiger partial charge is 0.00928 e. The van der Waals surface area contributed by atoms with Crippen molar-refractivity contribution >= 4 is 75.8 Å². The second kappa shape index (κ2) is 12.6. The van der Waals surface area contributed by atoms with Crippen molar-refractivity contribution in [3.05, 3.63) is 193 Å². The fraction of sp³-hybridized carbons (Fsp3) is 0.0612. The van der Waals surface area contributed by atoms with Crippen molar-refractivity contribution in [2.75, 3.05) is 0 Å². The number of rotatable bonds is 7. The van der Waals surface area contributed by atoms with Gasteiger partial charge in [0, 0.05) is 0 Å². The highest BCUT2D eigenvalue weighted by molar-refractivity contribution is 6.26. The van der Waals surface area contributed by atoms with E-state index in [4.69, 9.17) is 0 Å². The molecular formula is C49H38. The molecule has 0 fully saturated rings. The minimum atomic E-state index is 0.940. The lowest BCUT2D eigenvalue weighted by molar-refractivity contribution is 1.23. The summed E-state index contributed by atoms with van der Waals surface area (Å²) >= 11 is 0. The molecule has 8 aromatic rings. The summed E-state index contributed by atoms with van der Waals surface area (Å²) in [6, 6.07) is 48.7. The predicted octanol–water partition coefficient (Wildman–Crippen LogP) is 14.2. The molecule has 0 aliphatic carbocycles. The maximum atomic E-state index is 4.53. The Morgan fingerprint density at radius 3 is 1.18 bits per heavy atom. The molecule has 234 valence electrons. The van der Waals surface area contributed by atoms with Crippen LogP contribution in [0.4, 0.5) is 0 Å². The van der Waals surface area contributed by atoms with Crippen LogP contribution in [0.3, 0.4) is 0 Å². The molecule has 0 nitrogen and oxygen atoms in total. The summed E-state index contributed by atoms with van der Waals surface area (Å²) in [5.74, 6) is 0. The van der Waals surface area contributed by atoms with Gasteiger partial charge in [-0.3, -0.25) is 0 Å². The van der Waals surface area contributed by atoms with E-state index in [1.165, 1.54) is 75.8 Å². The third-order valence-corrected chi connectivity index (χ3v) is 10.0. The molecule has 0 bridgehead atoms. The van der Waals surface area contributed by atoms with Crippen molar-refractivity contribution in [3.8, 4) is 0 Å². The summed E-state index contributed by atoms with van der Waals surface area (Å²) < 4.78 is 0. The predicted molar refractivity (Wildman–Crippen MR) is 217 cm³/mol. The van der Waals surface area contributed by atoms with E-state index in [1.54, 1.807) is 0 Å². The Labute approximate surface area is 288 Å². The Balaban J connectivity index is 1.19. The zero-order valence-electron chi connectivity index (χ0n) is 28.1. The van der Waals surface area contributed by atoms with Gasteiger partial charge in [-0.2, -0.15) is 0 Å². The first-order chi connectivity index (χ1) is 24.1. The topological polar surface area (TPSA) is 0 Å². The molecule has 0 unspecified atom stereocenters. The minimum absolute atomic E-state index is 0.940. The van der Waals surface area contributed by atoms with E-state index in [1.807, 2.05) is 6.08 Å². The number of hydrogen-bond acceptors (Lipinski definition) is 0. The molecule has 0 heterocycles. The molecule has 0 spiro atoms. The Morgan fingerprint density at radius 1 is 0.469 bits per heavy atom. The van der Waals surface area contributed by atoms with Crippen LogP contribution in [0, 0.1) is 0 Å². The first-order valence-corrected chi connectivity index (χ1v) is 17.1. The van der Waals surface area contributed by atoms with Crippen molar-refractivity contribution in [2.24, 2.45) is 0 Å². The van der Waals surface area contributed by atoms with E-state index in [0.717, 1.165) is 28.7 Å².